The lowest BCUT2D eigenvalue weighted by Gasteiger charge is -2.23. The predicted octanol–water partition coefficient (Wildman–Crippen LogP) is 3.88. The lowest BCUT2D eigenvalue weighted by molar-refractivity contribution is -0.119. The first-order chi connectivity index (χ1) is 10.1. The lowest BCUT2D eigenvalue weighted by Crippen LogP contribution is -2.25. The van der Waals surface area contributed by atoms with Crippen LogP contribution in [0.25, 0.3) is 0 Å². The predicted molar refractivity (Wildman–Crippen MR) is 81.8 cm³/mol. The molecule has 1 aliphatic carbocycles. The molecule has 0 bridgehead atoms. The van der Waals surface area contributed by atoms with Crippen LogP contribution in [-0.2, 0) is 11.2 Å². The highest BCUT2D eigenvalue weighted by atomic mass is 32.2. The minimum atomic E-state index is -0.249. The number of primary amides is 1. The van der Waals surface area contributed by atoms with Crippen LogP contribution < -0.4 is 5.73 Å². The summed E-state index contributed by atoms with van der Waals surface area (Å²) in [6, 6.07) is 12.6. The highest BCUT2D eigenvalue weighted by Crippen LogP contribution is 2.36. The molecule has 1 amide bonds. The molecule has 1 aliphatic rings. The molecule has 2 aromatic rings. The van der Waals surface area contributed by atoms with E-state index < -0.39 is 0 Å². The van der Waals surface area contributed by atoms with Crippen molar-refractivity contribution in [2.45, 2.75) is 35.0 Å². The maximum absolute atomic E-state index is 13.2. The second-order valence-electron chi connectivity index (χ2n) is 5.27. The van der Waals surface area contributed by atoms with Gasteiger partial charge in [-0.05, 0) is 60.7 Å². The van der Waals surface area contributed by atoms with E-state index in [2.05, 4.69) is 6.07 Å². The van der Waals surface area contributed by atoms with E-state index in [1.807, 2.05) is 18.2 Å². The molecule has 4 heteroatoms. The molecule has 21 heavy (non-hydrogen) atoms. The summed E-state index contributed by atoms with van der Waals surface area (Å²) >= 11 is 1.53. The number of carbonyl (C=O) groups excluding carboxylic acids is 1. The average molecular weight is 301 g/mol. The highest BCUT2D eigenvalue weighted by Gasteiger charge is 2.24. The first-order valence-corrected chi connectivity index (χ1v) is 7.81. The molecule has 1 atom stereocenters. The van der Waals surface area contributed by atoms with Gasteiger partial charge >= 0.3 is 0 Å². The molecule has 2 aromatic carbocycles. The number of rotatable bonds is 3. The molecule has 0 unspecified atom stereocenters. The van der Waals surface area contributed by atoms with Gasteiger partial charge in [-0.15, -0.1) is 0 Å². The summed E-state index contributed by atoms with van der Waals surface area (Å²) in [4.78, 5) is 13.4. The molecule has 0 aliphatic heterocycles. The van der Waals surface area contributed by atoms with Gasteiger partial charge in [0.1, 0.15) is 5.82 Å². The number of carbonyl (C=O) groups is 1. The van der Waals surface area contributed by atoms with Crippen LogP contribution >= 0.6 is 11.8 Å². The fourth-order valence-corrected chi connectivity index (χ4v) is 3.74. The molecule has 0 saturated heterocycles. The Bertz CT molecular complexity index is 686. The Morgan fingerprint density at radius 3 is 2.76 bits per heavy atom. The number of hydrogen-bond acceptors (Lipinski definition) is 2. The van der Waals surface area contributed by atoms with Crippen molar-refractivity contribution in [3.8, 4) is 0 Å². The Morgan fingerprint density at radius 1 is 1.19 bits per heavy atom. The molecule has 0 fully saturated rings. The van der Waals surface area contributed by atoms with Crippen molar-refractivity contribution < 1.29 is 9.18 Å². The van der Waals surface area contributed by atoms with Gasteiger partial charge < -0.3 is 5.73 Å². The van der Waals surface area contributed by atoms with Crippen LogP contribution in [0.15, 0.2) is 52.3 Å². The van der Waals surface area contributed by atoms with E-state index in [9.17, 15) is 9.18 Å². The van der Waals surface area contributed by atoms with Crippen molar-refractivity contribution in [1.29, 1.82) is 0 Å². The van der Waals surface area contributed by atoms with Crippen molar-refractivity contribution >= 4 is 17.7 Å². The van der Waals surface area contributed by atoms with Crippen molar-refractivity contribution in [2.24, 2.45) is 5.73 Å². The van der Waals surface area contributed by atoms with Crippen LogP contribution in [0.1, 0.15) is 29.9 Å². The third-order valence-electron chi connectivity index (χ3n) is 3.80. The smallest absolute Gasteiger partial charge is 0.224 e. The van der Waals surface area contributed by atoms with Crippen molar-refractivity contribution in [3.63, 3.8) is 0 Å². The third kappa shape index (κ3) is 3.10. The molecule has 108 valence electrons. The van der Waals surface area contributed by atoms with E-state index in [1.165, 1.54) is 29.5 Å². The van der Waals surface area contributed by atoms with E-state index in [0.29, 0.717) is 0 Å². The molecule has 0 saturated carbocycles. The topological polar surface area (TPSA) is 43.1 Å². The zero-order valence-electron chi connectivity index (χ0n) is 11.5. The quantitative estimate of drug-likeness (QED) is 0.935. The molecule has 0 heterocycles. The fraction of sp³-hybridized carbons (Fsp3) is 0.235. The number of benzene rings is 2. The van der Waals surface area contributed by atoms with Crippen molar-refractivity contribution in [1.82, 2.24) is 0 Å². The fourth-order valence-electron chi connectivity index (χ4n) is 2.82. The van der Waals surface area contributed by atoms with E-state index in [4.69, 9.17) is 5.73 Å². The van der Waals surface area contributed by atoms with Crippen LogP contribution in [0.4, 0.5) is 4.39 Å². The minimum Gasteiger partial charge on any atom is -0.369 e. The molecular weight excluding hydrogens is 285 g/mol. The Hall–Kier alpha value is -1.81. The SMILES string of the molecule is NC(=O)[C@H]1CCCc2cc(Sc3cccc(F)c3)ccc21. The third-order valence-corrected chi connectivity index (χ3v) is 4.78. The van der Waals surface area contributed by atoms with E-state index in [0.717, 1.165) is 34.6 Å². The monoisotopic (exact) mass is 301 g/mol. The standard InChI is InChI=1S/C17H16FNOS/c18-12-4-2-5-13(10-12)21-14-7-8-15-11(9-14)3-1-6-16(15)17(19)20/h2,4-5,7-10,16H,1,3,6H2,(H2,19,20)/t16-/m0/s1. The first-order valence-electron chi connectivity index (χ1n) is 6.99. The van der Waals surface area contributed by atoms with E-state index in [-0.39, 0.29) is 17.6 Å². The van der Waals surface area contributed by atoms with Crippen LogP contribution in [0.3, 0.4) is 0 Å². The van der Waals surface area contributed by atoms with E-state index >= 15 is 0 Å². The van der Waals surface area contributed by atoms with Gasteiger partial charge in [0.25, 0.3) is 0 Å². The molecule has 0 radical (unpaired) electrons. The zero-order chi connectivity index (χ0) is 14.8. The maximum atomic E-state index is 13.2. The molecule has 0 aromatic heterocycles. The molecule has 2 nitrogen and oxygen atoms in total. The zero-order valence-corrected chi connectivity index (χ0v) is 12.3. The van der Waals surface area contributed by atoms with Gasteiger partial charge in [-0.25, -0.2) is 4.39 Å². The first kappa shape index (κ1) is 14.1. The maximum Gasteiger partial charge on any atom is 0.224 e. The van der Waals surface area contributed by atoms with Gasteiger partial charge in [-0.1, -0.05) is 23.9 Å². The summed E-state index contributed by atoms with van der Waals surface area (Å²) in [7, 11) is 0. The number of halogens is 1. The summed E-state index contributed by atoms with van der Waals surface area (Å²) < 4.78 is 13.2. The second kappa shape index (κ2) is 5.90. The van der Waals surface area contributed by atoms with Gasteiger partial charge in [-0.3, -0.25) is 4.79 Å². The Balaban J connectivity index is 1.87. The van der Waals surface area contributed by atoms with Gasteiger partial charge in [0.15, 0.2) is 0 Å². The minimum absolute atomic E-state index is 0.165. The van der Waals surface area contributed by atoms with E-state index in [1.54, 1.807) is 6.07 Å². The summed E-state index contributed by atoms with van der Waals surface area (Å²) in [6.45, 7) is 0. The number of amides is 1. The van der Waals surface area contributed by atoms with Crippen LogP contribution in [0.5, 0.6) is 0 Å². The Labute approximate surface area is 127 Å². The van der Waals surface area contributed by atoms with Crippen molar-refractivity contribution in [2.75, 3.05) is 0 Å². The van der Waals surface area contributed by atoms with Crippen LogP contribution in [-0.4, -0.2) is 5.91 Å². The van der Waals surface area contributed by atoms with Gasteiger partial charge in [0, 0.05) is 9.79 Å². The number of hydrogen-bond donors (Lipinski definition) is 1. The van der Waals surface area contributed by atoms with Crippen LogP contribution in [0.2, 0.25) is 0 Å². The highest BCUT2D eigenvalue weighted by molar-refractivity contribution is 7.99. The summed E-state index contributed by atoms with van der Waals surface area (Å²) in [5, 5.41) is 0. The number of fused-ring (bicyclic) bond motifs is 1. The summed E-state index contributed by atoms with van der Waals surface area (Å²) in [5.74, 6) is -0.643. The second-order valence-corrected chi connectivity index (χ2v) is 6.41. The van der Waals surface area contributed by atoms with Gasteiger partial charge in [0.05, 0.1) is 5.92 Å². The molecule has 2 N–H and O–H groups in total. The Kier molecular flexibility index (Phi) is 3.97. The van der Waals surface area contributed by atoms with Gasteiger partial charge in [-0.2, -0.15) is 0 Å². The molecular formula is C17H16FNOS. The normalized spacial score (nSPS) is 17.3. The largest absolute Gasteiger partial charge is 0.369 e. The summed E-state index contributed by atoms with van der Waals surface area (Å²) in [6.07, 6.45) is 2.78. The Morgan fingerprint density at radius 2 is 2.00 bits per heavy atom. The molecule has 3 rings (SSSR count). The average Bonchev–Trinajstić information content (AvgIpc) is 2.46. The van der Waals surface area contributed by atoms with Gasteiger partial charge in [0.2, 0.25) is 5.91 Å². The van der Waals surface area contributed by atoms with Crippen LogP contribution in [0, 0.1) is 5.82 Å². The number of nitrogens with two attached hydrogens (primary N) is 1. The van der Waals surface area contributed by atoms with Crippen molar-refractivity contribution in [3.05, 3.63) is 59.4 Å². The molecule has 0 spiro atoms. The summed E-state index contributed by atoms with van der Waals surface area (Å²) in [5.41, 5.74) is 7.71. The lowest BCUT2D eigenvalue weighted by atomic mass is 9.82. The number of aryl methyl sites for hydroxylation is 1.